The number of amides is 3. The number of nitrogens with zero attached hydrogens (tertiary/aromatic N) is 2. The number of anilines is 2. The lowest BCUT2D eigenvalue weighted by molar-refractivity contribution is -0.113. The molecule has 0 spiro atoms. The maximum absolute atomic E-state index is 14.7. The molecule has 0 aliphatic carbocycles. The Bertz CT molecular complexity index is 1230. The second kappa shape index (κ2) is 8.73. The molecule has 0 radical (unpaired) electrons. The monoisotopic (exact) mass is 454 g/mol. The molecule has 2 heterocycles. The Labute approximate surface area is 187 Å². The summed E-state index contributed by atoms with van der Waals surface area (Å²) in [6, 6.07) is 9.35. The lowest BCUT2D eigenvalue weighted by Crippen LogP contribution is -2.49. The maximum atomic E-state index is 14.7. The van der Waals surface area contributed by atoms with E-state index in [4.69, 9.17) is 9.26 Å². The quantitative estimate of drug-likeness (QED) is 0.594. The van der Waals surface area contributed by atoms with Gasteiger partial charge in [0.2, 0.25) is 0 Å². The molecule has 0 bridgehead atoms. The predicted molar refractivity (Wildman–Crippen MR) is 116 cm³/mol. The number of hydrogen-bond donors (Lipinski definition) is 2. The van der Waals surface area contributed by atoms with Gasteiger partial charge in [-0.1, -0.05) is 11.2 Å². The largest absolute Gasteiger partial charge is 0.497 e. The highest BCUT2D eigenvalue weighted by Gasteiger charge is 2.39. The van der Waals surface area contributed by atoms with E-state index in [-0.39, 0.29) is 17.1 Å². The Morgan fingerprint density at radius 3 is 2.39 bits per heavy atom. The fraction of sp³-hybridized carbons (Fsp3) is 0.174. The number of urea groups is 1. The summed E-state index contributed by atoms with van der Waals surface area (Å²) in [5, 5.41) is 8.85. The van der Waals surface area contributed by atoms with Crippen molar-refractivity contribution in [2.45, 2.75) is 19.9 Å². The minimum absolute atomic E-state index is 0.0601. The number of nitrogens with one attached hydrogen (secondary N) is 2. The average molecular weight is 454 g/mol. The molecular formula is C23H20F2N4O4. The van der Waals surface area contributed by atoms with Crippen LogP contribution < -0.4 is 20.3 Å². The van der Waals surface area contributed by atoms with Gasteiger partial charge in [-0.3, -0.25) is 9.69 Å². The highest BCUT2D eigenvalue weighted by Crippen LogP contribution is 2.36. The summed E-state index contributed by atoms with van der Waals surface area (Å²) in [6.07, 6.45) is 0. The molecule has 0 saturated carbocycles. The topological polar surface area (TPSA) is 96.7 Å². The SMILES string of the molecule is COc1ccc(N2C(=O)N[C@H](c3c(F)cccc3F)C(C(=O)Nc3cc(C)on3)=C2C)cc1. The van der Waals surface area contributed by atoms with E-state index in [1.807, 2.05) is 0 Å². The van der Waals surface area contributed by atoms with E-state index in [2.05, 4.69) is 15.8 Å². The molecule has 0 saturated heterocycles. The van der Waals surface area contributed by atoms with Crippen molar-refractivity contribution in [3.8, 4) is 5.75 Å². The molecule has 33 heavy (non-hydrogen) atoms. The van der Waals surface area contributed by atoms with Crippen LogP contribution in [0.4, 0.5) is 25.1 Å². The highest BCUT2D eigenvalue weighted by molar-refractivity contribution is 6.09. The predicted octanol–water partition coefficient (Wildman–Crippen LogP) is 4.45. The van der Waals surface area contributed by atoms with Crippen molar-refractivity contribution >= 4 is 23.4 Å². The van der Waals surface area contributed by atoms with Gasteiger partial charge in [0.15, 0.2) is 5.82 Å². The summed E-state index contributed by atoms with van der Waals surface area (Å²) >= 11 is 0. The van der Waals surface area contributed by atoms with E-state index in [1.54, 1.807) is 31.2 Å². The van der Waals surface area contributed by atoms with Gasteiger partial charge >= 0.3 is 6.03 Å². The number of aromatic nitrogens is 1. The van der Waals surface area contributed by atoms with Crippen LogP contribution in [0, 0.1) is 18.6 Å². The lowest BCUT2D eigenvalue weighted by atomic mass is 9.93. The van der Waals surface area contributed by atoms with Crippen molar-refractivity contribution in [2.24, 2.45) is 0 Å². The van der Waals surface area contributed by atoms with E-state index in [1.165, 1.54) is 31.1 Å². The molecule has 4 rings (SSSR count). The molecule has 0 fully saturated rings. The van der Waals surface area contributed by atoms with E-state index in [9.17, 15) is 18.4 Å². The van der Waals surface area contributed by atoms with Gasteiger partial charge in [0.1, 0.15) is 23.1 Å². The fourth-order valence-corrected chi connectivity index (χ4v) is 3.69. The van der Waals surface area contributed by atoms with Crippen LogP contribution in [0.15, 0.2) is 64.3 Å². The minimum atomic E-state index is -1.37. The first-order valence-corrected chi connectivity index (χ1v) is 9.94. The first kappa shape index (κ1) is 22.0. The number of methoxy groups -OCH3 is 1. The van der Waals surface area contributed by atoms with Crippen LogP contribution in [-0.2, 0) is 4.79 Å². The zero-order chi connectivity index (χ0) is 23.7. The Hall–Kier alpha value is -4.21. The molecule has 0 unspecified atom stereocenters. The molecule has 1 aliphatic heterocycles. The zero-order valence-electron chi connectivity index (χ0n) is 18.0. The molecule has 8 nitrogen and oxygen atoms in total. The van der Waals surface area contributed by atoms with Crippen molar-refractivity contribution in [2.75, 3.05) is 17.3 Å². The van der Waals surface area contributed by atoms with Crippen molar-refractivity contribution in [1.82, 2.24) is 10.5 Å². The third-order valence-electron chi connectivity index (χ3n) is 5.22. The van der Waals surface area contributed by atoms with Gasteiger partial charge in [0, 0.05) is 11.8 Å². The van der Waals surface area contributed by atoms with Gasteiger partial charge in [-0.05, 0) is 50.2 Å². The molecule has 3 aromatic rings. The summed E-state index contributed by atoms with van der Waals surface area (Å²) in [5.74, 6) is -1.33. The average Bonchev–Trinajstić information content (AvgIpc) is 3.18. The fourth-order valence-electron chi connectivity index (χ4n) is 3.69. The second-order valence-electron chi connectivity index (χ2n) is 7.33. The van der Waals surface area contributed by atoms with E-state index in [0.29, 0.717) is 17.2 Å². The number of benzene rings is 2. The van der Waals surface area contributed by atoms with Crippen LogP contribution >= 0.6 is 0 Å². The molecular weight excluding hydrogens is 434 g/mol. The van der Waals surface area contributed by atoms with Crippen molar-refractivity contribution < 1.29 is 27.6 Å². The molecule has 170 valence electrons. The Balaban J connectivity index is 1.84. The number of allylic oxidation sites excluding steroid dienone is 1. The van der Waals surface area contributed by atoms with Gasteiger partial charge in [0.25, 0.3) is 5.91 Å². The highest BCUT2D eigenvalue weighted by atomic mass is 19.1. The van der Waals surface area contributed by atoms with Gasteiger partial charge < -0.3 is 19.9 Å². The van der Waals surface area contributed by atoms with E-state index in [0.717, 1.165) is 12.1 Å². The second-order valence-corrected chi connectivity index (χ2v) is 7.33. The maximum Gasteiger partial charge on any atom is 0.327 e. The lowest BCUT2D eigenvalue weighted by Gasteiger charge is -2.35. The van der Waals surface area contributed by atoms with Crippen molar-refractivity contribution in [3.05, 3.63) is 82.8 Å². The van der Waals surface area contributed by atoms with Crippen LogP contribution in [0.2, 0.25) is 0 Å². The molecule has 1 atom stereocenters. The Morgan fingerprint density at radius 2 is 1.82 bits per heavy atom. The summed E-state index contributed by atoms with van der Waals surface area (Å²) in [6.45, 7) is 3.18. The smallest absolute Gasteiger partial charge is 0.327 e. The number of aryl methyl sites for hydroxylation is 1. The number of rotatable bonds is 5. The van der Waals surface area contributed by atoms with Crippen LogP contribution in [0.5, 0.6) is 5.75 Å². The molecule has 3 amide bonds. The van der Waals surface area contributed by atoms with Crippen LogP contribution in [-0.4, -0.2) is 24.2 Å². The zero-order valence-corrected chi connectivity index (χ0v) is 18.0. The standard InChI is InChI=1S/C23H20F2N4O4/c1-12-11-18(28-33-12)26-22(30)19-13(2)29(14-7-9-15(32-3)10-8-14)23(31)27-21(19)20-16(24)5-4-6-17(20)25/h4-11,21H,1-3H3,(H,27,31)(H,26,28,30)/t21-/m0/s1. The summed E-state index contributed by atoms with van der Waals surface area (Å²) < 4.78 is 39.4. The Morgan fingerprint density at radius 1 is 1.15 bits per heavy atom. The first-order valence-electron chi connectivity index (χ1n) is 9.94. The van der Waals surface area contributed by atoms with Gasteiger partial charge in [-0.15, -0.1) is 0 Å². The third-order valence-corrected chi connectivity index (χ3v) is 5.22. The summed E-state index contributed by atoms with van der Waals surface area (Å²) in [7, 11) is 1.51. The number of ether oxygens (including phenoxy) is 1. The van der Waals surface area contributed by atoms with E-state index >= 15 is 0 Å². The number of carbonyl (C=O) groups is 2. The van der Waals surface area contributed by atoms with E-state index < -0.39 is 35.2 Å². The summed E-state index contributed by atoms with van der Waals surface area (Å²) in [5.41, 5.74) is 0.117. The van der Waals surface area contributed by atoms with Gasteiger partial charge in [-0.2, -0.15) is 0 Å². The van der Waals surface area contributed by atoms with Crippen LogP contribution in [0.1, 0.15) is 24.3 Å². The van der Waals surface area contributed by atoms with Gasteiger partial charge in [-0.25, -0.2) is 13.6 Å². The minimum Gasteiger partial charge on any atom is -0.497 e. The molecule has 10 heteroatoms. The number of hydrogen-bond acceptors (Lipinski definition) is 5. The van der Waals surface area contributed by atoms with Crippen molar-refractivity contribution in [1.29, 1.82) is 0 Å². The number of carbonyl (C=O) groups excluding carboxylic acids is 2. The molecule has 1 aromatic heterocycles. The van der Waals surface area contributed by atoms with Gasteiger partial charge in [0.05, 0.1) is 30.0 Å². The number of halogens is 2. The normalized spacial score (nSPS) is 16.0. The van der Waals surface area contributed by atoms with Crippen molar-refractivity contribution in [3.63, 3.8) is 0 Å². The molecule has 2 N–H and O–H groups in total. The third kappa shape index (κ3) is 4.14. The Kier molecular flexibility index (Phi) is 5.82. The first-order chi connectivity index (χ1) is 15.8. The van der Waals surface area contributed by atoms with Crippen LogP contribution in [0.25, 0.3) is 0 Å². The van der Waals surface area contributed by atoms with Crippen LogP contribution in [0.3, 0.4) is 0 Å². The molecule has 1 aliphatic rings. The molecule has 2 aromatic carbocycles. The summed E-state index contributed by atoms with van der Waals surface area (Å²) in [4.78, 5) is 27.6.